The van der Waals surface area contributed by atoms with Gasteiger partial charge in [0, 0.05) is 24.0 Å². The number of hydrogen-bond acceptors (Lipinski definition) is 5. The van der Waals surface area contributed by atoms with Gasteiger partial charge in [0.1, 0.15) is 5.82 Å². The average molecular weight is 314 g/mol. The highest BCUT2D eigenvalue weighted by Gasteiger charge is 2.07. The first-order valence-electron chi connectivity index (χ1n) is 7.51. The second-order valence-corrected chi connectivity index (χ2v) is 5.23. The third kappa shape index (κ3) is 5.55. The highest BCUT2D eigenvalue weighted by atomic mass is 16.2. The molecular formula is C16H22N6O. The van der Waals surface area contributed by atoms with Gasteiger partial charge in [0.05, 0.1) is 0 Å². The van der Waals surface area contributed by atoms with Crippen LogP contribution in [0.2, 0.25) is 0 Å². The Balaban J connectivity index is 1.98. The molecule has 1 aromatic heterocycles. The molecule has 5 N–H and O–H groups in total. The largest absolute Gasteiger partial charge is 0.370 e. The molecule has 0 spiro atoms. The number of benzene rings is 1. The Kier molecular flexibility index (Phi) is 5.87. The summed E-state index contributed by atoms with van der Waals surface area (Å²) in [6.07, 6.45) is 0.847. The van der Waals surface area contributed by atoms with Gasteiger partial charge >= 0.3 is 6.03 Å². The maximum absolute atomic E-state index is 12.0. The molecule has 2 aromatic rings. The third-order valence-electron chi connectivity index (χ3n) is 3.08. The van der Waals surface area contributed by atoms with Crippen LogP contribution in [0.25, 0.3) is 0 Å². The van der Waals surface area contributed by atoms with Gasteiger partial charge in [-0.25, -0.2) is 9.78 Å². The standard InChI is InChI=1S/C16H22N6O/c1-11-4-6-13(7-5-11)20-16(23)22-15-19-12(2)10-14(21-15)18-9-3-8-17/h4-7,10H,3,8-9,17H2,1-2H3,(H3,18,19,20,21,22,23). The Morgan fingerprint density at radius 1 is 1.13 bits per heavy atom. The van der Waals surface area contributed by atoms with Crippen molar-refractivity contribution in [1.82, 2.24) is 9.97 Å². The summed E-state index contributed by atoms with van der Waals surface area (Å²) in [5, 5.41) is 8.53. The van der Waals surface area contributed by atoms with Crippen LogP contribution in [0.3, 0.4) is 0 Å². The molecule has 2 rings (SSSR count). The van der Waals surface area contributed by atoms with Crippen molar-refractivity contribution in [1.29, 1.82) is 0 Å². The maximum atomic E-state index is 12.0. The predicted octanol–water partition coefficient (Wildman–Crippen LogP) is 2.50. The monoisotopic (exact) mass is 314 g/mol. The molecule has 0 unspecified atom stereocenters. The Bertz CT molecular complexity index is 656. The summed E-state index contributed by atoms with van der Waals surface area (Å²) >= 11 is 0. The molecule has 0 atom stereocenters. The minimum atomic E-state index is -0.382. The number of carbonyl (C=O) groups is 1. The van der Waals surface area contributed by atoms with Gasteiger partial charge in [-0.2, -0.15) is 4.98 Å². The lowest BCUT2D eigenvalue weighted by molar-refractivity contribution is 0.262. The maximum Gasteiger partial charge on any atom is 0.326 e. The van der Waals surface area contributed by atoms with Crippen LogP contribution in [0, 0.1) is 13.8 Å². The van der Waals surface area contributed by atoms with E-state index in [2.05, 4.69) is 25.9 Å². The molecule has 0 aliphatic carbocycles. The van der Waals surface area contributed by atoms with E-state index in [1.807, 2.05) is 44.2 Å². The van der Waals surface area contributed by atoms with Crippen LogP contribution in [-0.4, -0.2) is 29.1 Å². The number of hydrogen-bond donors (Lipinski definition) is 4. The van der Waals surface area contributed by atoms with Crippen molar-refractivity contribution in [2.45, 2.75) is 20.3 Å². The van der Waals surface area contributed by atoms with Crippen molar-refractivity contribution in [3.8, 4) is 0 Å². The number of anilines is 3. The van der Waals surface area contributed by atoms with Crippen molar-refractivity contribution >= 4 is 23.5 Å². The quantitative estimate of drug-likeness (QED) is 0.613. The van der Waals surface area contributed by atoms with Gasteiger partial charge in [0.2, 0.25) is 5.95 Å². The molecule has 23 heavy (non-hydrogen) atoms. The lowest BCUT2D eigenvalue weighted by Crippen LogP contribution is -2.21. The fourth-order valence-corrected chi connectivity index (χ4v) is 1.93. The van der Waals surface area contributed by atoms with Crippen molar-refractivity contribution in [2.24, 2.45) is 5.73 Å². The lowest BCUT2D eigenvalue weighted by Gasteiger charge is -2.10. The minimum absolute atomic E-state index is 0.255. The molecule has 0 fully saturated rings. The third-order valence-corrected chi connectivity index (χ3v) is 3.08. The van der Waals surface area contributed by atoms with Gasteiger partial charge in [-0.15, -0.1) is 0 Å². The molecule has 0 bridgehead atoms. The number of aromatic nitrogens is 2. The zero-order valence-electron chi connectivity index (χ0n) is 13.4. The Morgan fingerprint density at radius 3 is 2.57 bits per heavy atom. The fraction of sp³-hybridized carbons (Fsp3) is 0.312. The lowest BCUT2D eigenvalue weighted by atomic mass is 10.2. The first kappa shape index (κ1) is 16.7. The molecular weight excluding hydrogens is 292 g/mol. The average Bonchev–Trinajstić information content (AvgIpc) is 2.49. The molecule has 0 aliphatic rings. The second kappa shape index (κ2) is 8.09. The Labute approximate surface area is 135 Å². The van der Waals surface area contributed by atoms with Crippen LogP contribution in [-0.2, 0) is 0 Å². The summed E-state index contributed by atoms with van der Waals surface area (Å²) in [6, 6.07) is 8.97. The van der Waals surface area contributed by atoms with E-state index in [4.69, 9.17) is 5.73 Å². The molecule has 0 saturated carbocycles. The number of carbonyl (C=O) groups excluding carboxylic acids is 1. The van der Waals surface area contributed by atoms with Gasteiger partial charge < -0.3 is 16.4 Å². The zero-order valence-corrected chi connectivity index (χ0v) is 13.4. The predicted molar refractivity (Wildman–Crippen MR) is 92.8 cm³/mol. The van der Waals surface area contributed by atoms with Crippen LogP contribution in [0.15, 0.2) is 30.3 Å². The highest BCUT2D eigenvalue weighted by molar-refractivity contribution is 5.98. The number of nitrogens with one attached hydrogen (secondary N) is 3. The summed E-state index contributed by atoms with van der Waals surface area (Å²) in [5.74, 6) is 0.918. The molecule has 0 aliphatic heterocycles. The van der Waals surface area contributed by atoms with E-state index in [9.17, 15) is 4.79 Å². The van der Waals surface area contributed by atoms with Crippen LogP contribution in [0.5, 0.6) is 0 Å². The van der Waals surface area contributed by atoms with Gasteiger partial charge in [-0.1, -0.05) is 17.7 Å². The van der Waals surface area contributed by atoms with Crippen molar-refractivity contribution in [3.63, 3.8) is 0 Å². The summed E-state index contributed by atoms with van der Waals surface area (Å²) < 4.78 is 0. The van der Waals surface area contributed by atoms with Crippen LogP contribution in [0.4, 0.5) is 22.2 Å². The molecule has 7 heteroatoms. The van der Waals surface area contributed by atoms with E-state index < -0.39 is 0 Å². The molecule has 2 amide bonds. The number of rotatable bonds is 6. The Hall–Kier alpha value is -2.67. The second-order valence-electron chi connectivity index (χ2n) is 5.23. The van der Waals surface area contributed by atoms with Gasteiger partial charge in [0.25, 0.3) is 0 Å². The molecule has 0 radical (unpaired) electrons. The first-order chi connectivity index (χ1) is 11.1. The molecule has 0 saturated heterocycles. The number of urea groups is 1. The zero-order chi connectivity index (χ0) is 16.7. The molecule has 1 heterocycles. The molecule has 1 aromatic carbocycles. The Morgan fingerprint density at radius 2 is 1.87 bits per heavy atom. The highest BCUT2D eigenvalue weighted by Crippen LogP contribution is 2.11. The number of amides is 2. The van der Waals surface area contributed by atoms with Gasteiger partial charge in [-0.05, 0) is 38.9 Å². The van der Waals surface area contributed by atoms with Crippen molar-refractivity contribution < 1.29 is 4.79 Å². The van der Waals surface area contributed by atoms with E-state index in [0.29, 0.717) is 18.1 Å². The van der Waals surface area contributed by atoms with E-state index in [0.717, 1.165) is 24.2 Å². The van der Waals surface area contributed by atoms with Crippen LogP contribution >= 0.6 is 0 Å². The van der Waals surface area contributed by atoms with E-state index in [-0.39, 0.29) is 12.0 Å². The number of aryl methyl sites for hydroxylation is 2. The number of nitrogens with two attached hydrogens (primary N) is 1. The number of nitrogens with zero attached hydrogens (tertiary/aromatic N) is 2. The normalized spacial score (nSPS) is 10.2. The van der Waals surface area contributed by atoms with Crippen LogP contribution < -0.4 is 21.7 Å². The molecule has 122 valence electrons. The van der Waals surface area contributed by atoms with Crippen molar-refractivity contribution in [2.75, 3.05) is 29.0 Å². The SMILES string of the molecule is Cc1ccc(NC(=O)Nc2nc(C)cc(NCCCN)n2)cc1. The minimum Gasteiger partial charge on any atom is -0.370 e. The first-order valence-corrected chi connectivity index (χ1v) is 7.51. The van der Waals surface area contributed by atoms with Crippen molar-refractivity contribution in [3.05, 3.63) is 41.6 Å². The van der Waals surface area contributed by atoms with E-state index in [1.165, 1.54) is 0 Å². The summed E-state index contributed by atoms with van der Waals surface area (Å²) in [7, 11) is 0. The molecule has 7 nitrogen and oxygen atoms in total. The van der Waals surface area contributed by atoms with Crippen LogP contribution in [0.1, 0.15) is 17.7 Å². The fourth-order valence-electron chi connectivity index (χ4n) is 1.93. The van der Waals surface area contributed by atoms with Gasteiger partial charge in [-0.3, -0.25) is 5.32 Å². The topological polar surface area (TPSA) is 105 Å². The summed E-state index contributed by atoms with van der Waals surface area (Å²) in [5.41, 5.74) is 8.07. The summed E-state index contributed by atoms with van der Waals surface area (Å²) in [4.78, 5) is 20.5. The summed E-state index contributed by atoms with van der Waals surface area (Å²) in [6.45, 7) is 5.17. The van der Waals surface area contributed by atoms with Gasteiger partial charge in [0.15, 0.2) is 0 Å². The smallest absolute Gasteiger partial charge is 0.326 e. The van der Waals surface area contributed by atoms with E-state index in [1.54, 1.807) is 0 Å². The van der Waals surface area contributed by atoms with E-state index >= 15 is 0 Å².